The molecule has 0 spiro atoms. The number of hydrogen-bond donors (Lipinski definition) is 5. The van der Waals surface area contributed by atoms with E-state index in [1.807, 2.05) is 0 Å². The smallest absolute Gasteiger partial charge is 0.430 e. The average molecular weight is 1420 g/mol. The minimum atomic E-state index is -0.813. The minimum absolute atomic E-state index is 0. The number of benzene rings is 1. The normalized spacial score (nSPS) is 26.6. The number of carbonyl (C=O) groups is 3. The van der Waals surface area contributed by atoms with E-state index in [1.165, 1.54) is 19.0 Å². The maximum absolute atomic E-state index is 10.8. The number of nitrogens with zero attached hydrogens (tertiary/aromatic N) is 1. The predicted octanol–water partition coefficient (Wildman–Crippen LogP) is 3.34. The second-order valence-corrected chi connectivity index (χ2v) is 20.5. The van der Waals surface area contributed by atoms with Crippen molar-refractivity contribution in [2.24, 2.45) is 0 Å². The highest BCUT2D eigenvalue weighted by molar-refractivity contribution is 9.09. The molecule has 9 aliphatic heterocycles. The molecule has 9 fully saturated rings. The lowest BCUT2D eigenvalue weighted by Gasteiger charge is -2.20. The summed E-state index contributed by atoms with van der Waals surface area (Å²) in [5.41, 5.74) is 1.40. The number of pyridine rings is 1. The van der Waals surface area contributed by atoms with Crippen LogP contribution in [0.4, 0.5) is 14.3 Å². The lowest BCUT2D eigenvalue weighted by molar-refractivity contribution is -0.191. The fourth-order valence-electron chi connectivity index (χ4n) is 7.07. The second kappa shape index (κ2) is 53.5. The summed E-state index contributed by atoms with van der Waals surface area (Å²) in [6.45, 7) is 21.5. The maximum atomic E-state index is 10.8. The van der Waals surface area contributed by atoms with Crippen LogP contribution >= 0.6 is 39.1 Å². The van der Waals surface area contributed by atoms with Gasteiger partial charge in [0.15, 0.2) is 12.2 Å². The third kappa shape index (κ3) is 39.9. The summed E-state index contributed by atoms with van der Waals surface area (Å²) in [7, 11) is 4.50. The van der Waals surface area contributed by atoms with Crippen molar-refractivity contribution in [1.29, 1.82) is 0 Å². The Morgan fingerprint density at radius 1 is 0.609 bits per heavy atom. The van der Waals surface area contributed by atoms with Gasteiger partial charge in [0.1, 0.15) is 74.3 Å². The highest BCUT2D eigenvalue weighted by atomic mass is 79.9. The molecule has 2 radical (unpaired) electrons. The monoisotopic (exact) mass is 1420 g/mol. The summed E-state index contributed by atoms with van der Waals surface area (Å²) >= 11 is 14.0. The van der Waals surface area contributed by atoms with Crippen LogP contribution in [0.25, 0.3) is 0 Å². The van der Waals surface area contributed by atoms with Crippen molar-refractivity contribution >= 4 is 71.4 Å². The van der Waals surface area contributed by atoms with Crippen LogP contribution in [0.3, 0.4) is 0 Å². The van der Waals surface area contributed by atoms with Gasteiger partial charge in [0.05, 0.1) is 162 Å². The van der Waals surface area contributed by atoms with Gasteiger partial charge in [-0.1, -0.05) is 64.7 Å². The molecule has 11 rings (SSSR count). The first kappa shape index (κ1) is 85.3. The van der Waals surface area contributed by atoms with Gasteiger partial charge in [-0.25, -0.2) is 14.4 Å². The molecule has 13 atom stereocenters. The first-order valence-electron chi connectivity index (χ1n) is 28.4. The molecule has 5 N–H and O–H groups in total. The van der Waals surface area contributed by atoms with Crippen LogP contribution in [0.5, 0.6) is 0 Å². The molecule has 0 aliphatic carbocycles. The number of rotatable bonds is 23. The molecule has 29 nitrogen and oxygen atoms in total. The van der Waals surface area contributed by atoms with Gasteiger partial charge in [-0.3, -0.25) is 14.6 Å². The molecule has 10 heterocycles. The fourth-order valence-corrected chi connectivity index (χ4v) is 7.44. The van der Waals surface area contributed by atoms with Crippen molar-refractivity contribution < 1.29 is 140 Å². The second-order valence-electron chi connectivity index (χ2n) is 19.1. The van der Waals surface area contributed by atoms with Crippen LogP contribution in [0.2, 0.25) is 11.8 Å². The number of aliphatic hydroxyl groups is 4. The first-order chi connectivity index (χ1) is 44.2. The maximum Gasteiger partial charge on any atom is 0.508 e. The molecule has 9 saturated heterocycles. The molecule has 2 aromatic rings. The molecule has 92 heavy (non-hydrogen) atoms. The Hall–Kier alpha value is -4.69. The Morgan fingerprint density at radius 2 is 0.957 bits per heavy atom. The predicted molar refractivity (Wildman–Crippen MR) is 325 cm³/mol. The Labute approximate surface area is 552 Å². The SMILES string of the molecule is C1OC1COC1COCC1OCC1CO1.C=CCBr.C=CCOC1COCC1OCC=C.ClCC1CO1.F.O=C(OO)c1cccc(Cl)c1.O=C1OCC(COC2COCC2OCC2COC(=O)O2)O1.O=C=O.OC1COCC1O.OCc1cccc(CO)n1.[B]C. The van der Waals surface area contributed by atoms with Crippen LogP contribution in [-0.2, 0) is 108 Å². The molecule has 0 bridgehead atoms. The van der Waals surface area contributed by atoms with Gasteiger partial charge < -0.3 is 101 Å². The summed E-state index contributed by atoms with van der Waals surface area (Å²) in [6, 6.07) is 11.3. The van der Waals surface area contributed by atoms with Crippen molar-refractivity contribution in [2.45, 2.75) is 99.4 Å². The number of aromatic nitrogens is 1. The molecule has 13 unspecified atom stereocenters. The van der Waals surface area contributed by atoms with Crippen molar-refractivity contribution in [1.82, 2.24) is 4.98 Å². The van der Waals surface area contributed by atoms with Crippen LogP contribution in [0, 0.1) is 0 Å². The zero-order valence-electron chi connectivity index (χ0n) is 50.9. The molecule has 1 aromatic heterocycles. The third-order valence-electron chi connectivity index (χ3n) is 11.9. The van der Waals surface area contributed by atoms with Gasteiger partial charge in [-0.2, -0.15) is 14.8 Å². The summed E-state index contributed by atoms with van der Waals surface area (Å²) in [6.07, 6.45) is 2.72. The van der Waals surface area contributed by atoms with Crippen LogP contribution in [0.15, 0.2) is 80.4 Å². The molecule has 34 heteroatoms. The zero-order chi connectivity index (χ0) is 67.0. The molecule has 1 aromatic carbocycles. The van der Waals surface area contributed by atoms with Crippen LogP contribution < -0.4 is 0 Å². The molecular formula is C58H84BBrCl2FNO28. The molecule has 0 amide bonds. The van der Waals surface area contributed by atoms with E-state index in [-0.39, 0.29) is 106 Å². The van der Waals surface area contributed by atoms with Gasteiger partial charge in [-0.15, -0.1) is 31.3 Å². The molecule has 0 saturated carbocycles. The van der Waals surface area contributed by atoms with Gasteiger partial charge >= 0.3 is 24.4 Å². The first-order valence-corrected chi connectivity index (χ1v) is 30.4. The Balaban J connectivity index is 0.000000540. The number of halogens is 4. The number of hydrogen-bond acceptors (Lipinski definition) is 29. The van der Waals surface area contributed by atoms with Crippen molar-refractivity contribution in [3.05, 3.63) is 102 Å². The van der Waals surface area contributed by atoms with Gasteiger partial charge in [0.2, 0.25) is 0 Å². The van der Waals surface area contributed by atoms with E-state index in [2.05, 4.69) is 67.6 Å². The third-order valence-corrected chi connectivity index (χ3v) is 13.0. The standard InChI is InChI=1S/C12H16O9.C10H16O5.C10H16O3.C7H5ClO3.C7H9NO2.C4H8O3.C3H5Br.C3H5ClO.CH3B.CO2.FH/c13-11-18-3-7(20-11)1-16-9-5-15-6-10(9)17-2-8-4-19-12(14)21-8;1-7(12-1)3-14-9-5-11-6-10(9)15-4-8-2-13-8;1-3-5-12-9-7-11-8-10(9)13-6-4-2;8-6-3-1-2-5(4-6)7(9)11-10;9-4-6-2-1-3-7(5-10)8-6;5-3-1-7-2-4(3)6;1-2-3-4;4-1-3-2-5-3;1-2;2-1-3;/h7-10H,1-6H2;7-10H,1-6H2;3-4,9-10H,1-2,5-8H2;1-4,10H;1-3,9-10H,4-5H2;3-6H,1-2H2;2H,1,3H2;3H,1-2H2;1H3;;1H. The fraction of sp³-hybridized carbons (Fsp3) is 0.638. The van der Waals surface area contributed by atoms with Gasteiger partial charge in [0.25, 0.3) is 0 Å². The van der Waals surface area contributed by atoms with Gasteiger partial charge in [-0.05, 0) is 30.3 Å². The van der Waals surface area contributed by atoms with Gasteiger partial charge in [0, 0.05) is 10.4 Å². The van der Waals surface area contributed by atoms with E-state index >= 15 is 0 Å². The molecule has 520 valence electrons. The van der Waals surface area contributed by atoms with E-state index in [9.17, 15) is 14.4 Å². The lowest BCUT2D eigenvalue weighted by atomic mass is 10.2. The topological polar surface area (TPSA) is 375 Å². The van der Waals surface area contributed by atoms with Crippen LogP contribution in [-0.4, -0.2) is 279 Å². The Bertz CT molecular complexity index is 2230. The zero-order valence-corrected chi connectivity index (χ0v) is 54.0. The van der Waals surface area contributed by atoms with E-state index < -0.39 is 42.7 Å². The molecular weight excluding hydrogens is 1340 g/mol. The summed E-state index contributed by atoms with van der Waals surface area (Å²) in [4.78, 5) is 55.9. The number of allylic oxidation sites excluding steroid dienone is 1. The Kier molecular flexibility index (Phi) is 49.7. The minimum Gasteiger partial charge on any atom is -0.430 e. The van der Waals surface area contributed by atoms with Crippen molar-refractivity contribution in [2.75, 3.05) is 137 Å². The lowest BCUT2D eigenvalue weighted by Crippen LogP contribution is -2.35. The van der Waals surface area contributed by atoms with E-state index in [1.54, 1.807) is 48.6 Å². The highest BCUT2D eigenvalue weighted by Gasteiger charge is 2.37. The summed E-state index contributed by atoms with van der Waals surface area (Å²) in [5.74, 6) is -0.146. The quantitative estimate of drug-likeness (QED) is 0.0156. The highest BCUT2D eigenvalue weighted by Crippen LogP contribution is 2.21. The largest absolute Gasteiger partial charge is 0.508 e. The van der Waals surface area contributed by atoms with Crippen LogP contribution in [0.1, 0.15) is 21.7 Å². The number of alkyl halides is 2. The molecule has 9 aliphatic rings. The summed E-state index contributed by atoms with van der Waals surface area (Å²) in [5, 5.41) is 43.8. The number of cyclic esters (lactones) is 4. The number of carbonyl (C=O) groups excluding carboxylic acids is 5. The van der Waals surface area contributed by atoms with E-state index in [4.69, 9.17) is 125 Å². The Morgan fingerprint density at radius 3 is 1.22 bits per heavy atom. The average Bonchev–Trinajstić information content (AvgIpc) is 4.40. The van der Waals surface area contributed by atoms with Crippen molar-refractivity contribution in [3.63, 3.8) is 0 Å². The number of epoxide rings is 3. The van der Waals surface area contributed by atoms with E-state index in [0.717, 1.165) is 25.2 Å². The summed E-state index contributed by atoms with van der Waals surface area (Å²) < 4.78 is 88.1. The number of aliphatic hydroxyl groups excluding tert-OH is 4. The number of ether oxygens (including phenoxy) is 17. The van der Waals surface area contributed by atoms with E-state index in [0.29, 0.717) is 107 Å². The van der Waals surface area contributed by atoms with Crippen molar-refractivity contribution in [3.8, 4) is 0 Å².